The molecule has 0 aliphatic heterocycles. The van der Waals surface area contributed by atoms with E-state index in [2.05, 4.69) is 29.3 Å². The van der Waals surface area contributed by atoms with Crippen LogP contribution < -0.4 is 11.1 Å². The van der Waals surface area contributed by atoms with E-state index >= 15 is 0 Å². The van der Waals surface area contributed by atoms with Gasteiger partial charge in [0.25, 0.3) is 5.91 Å². The molecule has 0 radical (unpaired) electrons. The van der Waals surface area contributed by atoms with Crippen molar-refractivity contribution in [2.75, 3.05) is 6.54 Å². The average molecular weight is 264 g/mol. The van der Waals surface area contributed by atoms with Gasteiger partial charge in [-0.05, 0) is 30.9 Å². The van der Waals surface area contributed by atoms with E-state index in [-0.39, 0.29) is 11.7 Å². The number of nitrogens with two attached hydrogens (primary N) is 1. The Kier molecular flexibility index (Phi) is 5.78. The lowest BCUT2D eigenvalue weighted by atomic mass is 10.1. The van der Waals surface area contributed by atoms with Gasteiger partial charge in [-0.3, -0.25) is 9.78 Å². The van der Waals surface area contributed by atoms with Crippen molar-refractivity contribution in [1.82, 2.24) is 10.3 Å². The predicted molar refractivity (Wildman–Crippen MR) is 73.2 cm³/mol. The highest BCUT2D eigenvalue weighted by Crippen LogP contribution is 2.03. The van der Waals surface area contributed by atoms with Crippen LogP contribution in [0.5, 0.6) is 0 Å². The molecule has 1 aromatic heterocycles. The lowest BCUT2D eigenvalue weighted by Gasteiger charge is -2.06. The first-order valence-corrected chi connectivity index (χ1v) is 6.26. The Morgan fingerprint density at radius 1 is 1.53 bits per heavy atom. The summed E-state index contributed by atoms with van der Waals surface area (Å²) in [5.74, 6) is 0.390. The fourth-order valence-corrected chi connectivity index (χ4v) is 1.54. The Hall–Kier alpha value is -2.11. The van der Waals surface area contributed by atoms with Gasteiger partial charge in [0.1, 0.15) is 5.69 Å². The zero-order chi connectivity index (χ0) is 14.3. The first-order valence-electron chi connectivity index (χ1n) is 6.26. The molecule has 0 saturated heterocycles. The van der Waals surface area contributed by atoms with Crippen molar-refractivity contribution >= 4 is 11.7 Å². The van der Waals surface area contributed by atoms with E-state index in [1.165, 1.54) is 6.20 Å². The second kappa shape index (κ2) is 7.35. The normalized spacial score (nSPS) is 11.6. The highest BCUT2D eigenvalue weighted by molar-refractivity contribution is 5.98. The van der Waals surface area contributed by atoms with Crippen LogP contribution in [0.1, 0.15) is 42.7 Å². The van der Waals surface area contributed by atoms with Gasteiger partial charge in [0.05, 0.1) is 0 Å². The first kappa shape index (κ1) is 14.9. The lowest BCUT2D eigenvalue weighted by molar-refractivity contribution is 0.0947. The molecule has 6 heteroatoms. The van der Waals surface area contributed by atoms with Gasteiger partial charge in [-0.2, -0.15) is 0 Å². The molecule has 0 spiro atoms. The van der Waals surface area contributed by atoms with Crippen LogP contribution in [0.4, 0.5) is 0 Å². The number of pyridine rings is 1. The van der Waals surface area contributed by atoms with E-state index in [1.54, 1.807) is 12.1 Å². The number of carbonyl (C=O) groups excluding carboxylic acids is 1. The van der Waals surface area contributed by atoms with Gasteiger partial charge in [0, 0.05) is 18.3 Å². The van der Waals surface area contributed by atoms with Crippen molar-refractivity contribution in [2.24, 2.45) is 16.8 Å². The zero-order valence-electron chi connectivity index (χ0n) is 11.3. The molecule has 0 fully saturated rings. The van der Waals surface area contributed by atoms with Crippen LogP contribution in [0.25, 0.3) is 0 Å². The maximum atomic E-state index is 11.8. The van der Waals surface area contributed by atoms with Gasteiger partial charge in [0.15, 0.2) is 5.84 Å². The van der Waals surface area contributed by atoms with Gasteiger partial charge in [0.2, 0.25) is 0 Å². The molecular weight excluding hydrogens is 244 g/mol. The van der Waals surface area contributed by atoms with E-state index in [9.17, 15) is 4.79 Å². The molecular formula is C13H20N4O2. The van der Waals surface area contributed by atoms with E-state index in [1.807, 2.05) is 0 Å². The highest BCUT2D eigenvalue weighted by atomic mass is 16.4. The number of hydrogen-bond donors (Lipinski definition) is 3. The van der Waals surface area contributed by atoms with Gasteiger partial charge in [-0.15, -0.1) is 0 Å². The van der Waals surface area contributed by atoms with Gasteiger partial charge in [-0.25, -0.2) is 0 Å². The number of amides is 1. The molecule has 1 heterocycles. The maximum Gasteiger partial charge on any atom is 0.269 e. The average Bonchev–Trinajstić information content (AvgIpc) is 2.42. The Balaban J connectivity index is 2.49. The molecule has 19 heavy (non-hydrogen) atoms. The molecule has 4 N–H and O–H groups in total. The van der Waals surface area contributed by atoms with Crippen molar-refractivity contribution in [2.45, 2.75) is 26.7 Å². The summed E-state index contributed by atoms with van der Waals surface area (Å²) in [6.45, 7) is 4.94. The molecule has 0 aliphatic carbocycles. The Morgan fingerprint density at radius 2 is 2.26 bits per heavy atom. The molecule has 0 atom stereocenters. The summed E-state index contributed by atoms with van der Waals surface area (Å²) in [6, 6.07) is 3.14. The van der Waals surface area contributed by atoms with Crippen molar-refractivity contribution in [3.8, 4) is 0 Å². The number of aromatic nitrogens is 1. The van der Waals surface area contributed by atoms with Crippen LogP contribution in [-0.4, -0.2) is 28.5 Å². The van der Waals surface area contributed by atoms with Crippen molar-refractivity contribution < 1.29 is 10.0 Å². The molecule has 0 aliphatic rings. The van der Waals surface area contributed by atoms with E-state index in [0.717, 1.165) is 12.8 Å². The van der Waals surface area contributed by atoms with Crippen molar-refractivity contribution in [3.63, 3.8) is 0 Å². The fraction of sp³-hybridized carbons (Fsp3) is 0.462. The number of nitrogens with zero attached hydrogens (tertiary/aromatic N) is 2. The molecule has 104 valence electrons. The molecule has 1 aromatic rings. The second-order valence-corrected chi connectivity index (χ2v) is 4.71. The Labute approximate surface area is 112 Å². The summed E-state index contributed by atoms with van der Waals surface area (Å²) in [4.78, 5) is 15.7. The minimum Gasteiger partial charge on any atom is -0.409 e. The summed E-state index contributed by atoms with van der Waals surface area (Å²) in [7, 11) is 0. The van der Waals surface area contributed by atoms with Gasteiger partial charge >= 0.3 is 0 Å². The number of hydrogen-bond acceptors (Lipinski definition) is 4. The van der Waals surface area contributed by atoms with Gasteiger partial charge < -0.3 is 16.3 Å². The number of nitrogens with one attached hydrogen (secondary N) is 1. The third kappa shape index (κ3) is 4.95. The zero-order valence-corrected chi connectivity index (χ0v) is 11.3. The minimum absolute atomic E-state index is 0.0311. The highest BCUT2D eigenvalue weighted by Gasteiger charge is 2.07. The minimum atomic E-state index is -0.213. The van der Waals surface area contributed by atoms with E-state index < -0.39 is 0 Å². The Bertz CT molecular complexity index is 440. The molecule has 1 rings (SSSR count). The largest absolute Gasteiger partial charge is 0.409 e. The quantitative estimate of drug-likeness (QED) is 0.237. The molecule has 0 bridgehead atoms. The van der Waals surface area contributed by atoms with Crippen LogP contribution in [0.2, 0.25) is 0 Å². The van der Waals surface area contributed by atoms with Crippen LogP contribution in [0, 0.1) is 5.92 Å². The van der Waals surface area contributed by atoms with Gasteiger partial charge in [-0.1, -0.05) is 19.0 Å². The lowest BCUT2D eigenvalue weighted by Crippen LogP contribution is -2.25. The summed E-state index contributed by atoms with van der Waals surface area (Å²) in [6.07, 6.45) is 3.43. The van der Waals surface area contributed by atoms with E-state index in [4.69, 9.17) is 10.9 Å². The molecule has 0 unspecified atom stereocenters. The Morgan fingerprint density at radius 3 is 2.79 bits per heavy atom. The monoisotopic (exact) mass is 264 g/mol. The molecule has 0 aromatic carbocycles. The van der Waals surface area contributed by atoms with Crippen LogP contribution in [-0.2, 0) is 0 Å². The fourth-order valence-electron chi connectivity index (χ4n) is 1.54. The summed E-state index contributed by atoms with van der Waals surface area (Å²) in [5.41, 5.74) is 6.20. The third-order valence-electron chi connectivity index (χ3n) is 2.64. The van der Waals surface area contributed by atoms with Crippen molar-refractivity contribution in [1.29, 1.82) is 0 Å². The number of carbonyl (C=O) groups is 1. The van der Waals surface area contributed by atoms with Crippen LogP contribution >= 0.6 is 0 Å². The third-order valence-corrected chi connectivity index (χ3v) is 2.64. The molecule has 6 nitrogen and oxygen atoms in total. The molecule has 0 saturated carbocycles. The topological polar surface area (TPSA) is 101 Å². The number of amidine groups is 1. The summed E-state index contributed by atoms with van der Waals surface area (Å²) < 4.78 is 0. The SMILES string of the molecule is CC(C)CCCNC(=O)c1ccc(C(N)=NO)cn1. The first-order chi connectivity index (χ1) is 9.04. The smallest absolute Gasteiger partial charge is 0.269 e. The van der Waals surface area contributed by atoms with Crippen LogP contribution in [0.3, 0.4) is 0 Å². The standard InChI is InChI=1S/C13H20N4O2/c1-9(2)4-3-7-15-13(18)11-6-5-10(8-16-11)12(14)17-19/h5-6,8-9,19H,3-4,7H2,1-2H3,(H2,14,17)(H,15,18). The van der Waals surface area contributed by atoms with Crippen molar-refractivity contribution in [3.05, 3.63) is 29.6 Å². The summed E-state index contributed by atoms with van der Waals surface area (Å²) in [5, 5.41) is 14.2. The predicted octanol–water partition coefficient (Wildman–Crippen LogP) is 1.34. The number of rotatable bonds is 6. The molecule has 1 amide bonds. The second-order valence-electron chi connectivity index (χ2n) is 4.71. The van der Waals surface area contributed by atoms with Crippen LogP contribution in [0.15, 0.2) is 23.5 Å². The maximum absolute atomic E-state index is 11.8. The summed E-state index contributed by atoms with van der Waals surface area (Å²) >= 11 is 0. The number of oxime groups is 1. The van der Waals surface area contributed by atoms with E-state index in [0.29, 0.717) is 23.7 Å².